The first-order valence-corrected chi connectivity index (χ1v) is 29.3. The van der Waals surface area contributed by atoms with E-state index in [4.69, 9.17) is 34.5 Å². The summed E-state index contributed by atoms with van der Waals surface area (Å²) in [5, 5.41) is 46.6. The Balaban J connectivity index is 0.000000251. The molecule has 0 radical (unpaired) electrons. The predicted octanol–water partition coefficient (Wildman–Crippen LogP) is 6.67. The van der Waals surface area contributed by atoms with Gasteiger partial charge < -0.3 is 54.2 Å². The van der Waals surface area contributed by atoms with Crippen molar-refractivity contribution in [3.63, 3.8) is 0 Å². The molecular weight excluding hydrogens is 1220 g/mol. The molecule has 10 heterocycles. The van der Waals surface area contributed by atoms with Crippen molar-refractivity contribution in [1.82, 2.24) is 60.3 Å². The van der Waals surface area contributed by atoms with Gasteiger partial charge in [-0.25, -0.2) is 9.18 Å². The molecule has 4 atom stereocenters. The summed E-state index contributed by atoms with van der Waals surface area (Å²) in [5.74, 6) is -2.95. The summed E-state index contributed by atoms with van der Waals surface area (Å²) < 4.78 is 37.4. The Labute approximate surface area is 545 Å². The highest BCUT2D eigenvalue weighted by Gasteiger charge is 2.36. The molecule has 0 bridgehead atoms. The molecule has 4 fully saturated rings. The van der Waals surface area contributed by atoms with Crippen LogP contribution in [-0.2, 0) is 35.5 Å². The second-order valence-corrected chi connectivity index (χ2v) is 22.5. The van der Waals surface area contributed by atoms with Crippen LogP contribution in [-0.4, -0.2) is 189 Å². The standard InChI is InChI=1S/C30H36FN9O2.C27H35N9O.C3H3FO2.4H2S/c1-20(31)29(41)40-15-14-39(17-21(40)10-11-32)28-23-7-5-13-38(27-9-3-8-25-24(27)16-33-36-25)18-26(23)34-30(35-28)42-19-22-6-4-12-37(22)2;1-34-12-3-5-20(34)18-37-27-31-24-17-35(25-8-2-7-23-22(25)15-30-33-23)13-4-6-21(24)26(32-27)36-14-11-29-19(16-36)9-10-28;1-2(4)3(5)6;;;;/h3,8-9,16,21-22H,1,4-7,10,12-15,17-19H2,2H3,(H,33,36);2,7-8,15,19-20,29H,3-6,9,11-14,16-18H2,1H3,(H,30,33);1H2,(H,5,6);4*1H2/t21-,22-;19-,20-;;;;;/m00...../s1. The lowest BCUT2D eigenvalue weighted by molar-refractivity contribution is -0.134. The second-order valence-electron chi connectivity index (χ2n) is 22.5. The number of carboxylic acid groups (broad SMARTS) is 1. The third-order valence-electron chi connectivity index (χ3n) is 17.0. The number of hydrogen-bond acceptors (Lipinski definition) is 19. The third-order valence-corrected chi connectivity index (χ3v) is 17.0. The number of fused-ring (bicyclic) bond motifs is 4. The minimum Gasteiger partial charge on any atom is -0.476 e. The molecule has 2 aromatic carbocycles. The van der Waals surface area contributed by atoms with E-state index in [0.717, 1.165) is 147 Å². The maximum absolute atomic E-state index is 13.8. The van der Waals surface area contributed by atoms with Crippen LogP contribution in [0.15, 0.2) is 73.6 Å². The van der Waals surface area contributed by atoms with E-state index in [0.29, 0.717) is 69.9 Å². The molecule has 0 saturated carbocycles. The number of carboxylic acids is 1. The summed E-state index contributed by atoms with van der Waals surface area (Å²) in [6.07, 6.45) is 12.5. The van der Waals surface area contributed by atoms with Crippen LogP contribution in [0.4, 0.5) is 31.8 Å². The number of halogens is 2. The zero-order chi connectivity index (χ0) is 59.6. The number of H-pyrrole nitrogens is 2. The van der Waals surface area contributed by atoms with Crippen molar-refractivity contribution in [2.45, 2.75) is 101 Å². The van der Waals surface area contributed by atoms with Crippen molar-refractivity contribution in [2.75, 3.05) is 112 Å². The Morgan fingerprint density at radius 3 is 1.58 bits per heavy atom. The average molecular weight is 1300 g/mol. The van der Waals surface area contributed by atoms with Gasteiger partial charge in [0, 0.05) is 104 Å². The predicted molar refractivity (Wildman–Crippen MR) is 359 cm³/mol. The van der Waals surface area contributed by atoms with Gasteiger partial charge in [-0.15, -0.1) is 0 Å². The van der Waals surface area contributed by atoms with Crippen LogP contribution < -0.4 is 34.4 Å². The van der Waals surface area contributed by atoms with E-state index in [1.807, 2.05) is 24.5 Å². The fraction of sp³-hybridized carbons (Fsp3) is 0.500. The van der Waals surface area contributed by atoms with Gasteiger partial charge >= 0.3 is 18.0 Å². The van der Waals surface area contributed by atoms with Gasteiger partial charge in [0.05, 0.1) is 78.9 Å². The van der Waals surface area contributed by atoms with Gasteiger partial charge in [-0.1, -0.05) is 25.3 Å². The lowest BCUT2D eigenvalue weighted by atomic mass is 10.1. The van der Waals surface area contributed by atoms with Crippen LogP contribution in [0.2, 0.25) is 0 Å². The Morgan fingerprint density at radius 2 is 1.13 bits per heavy atom. The van der Waals surface area contributed by atoms with Gasteiger partial charge in [-0.3, -0.25) is 15.0 Å². The minimum atomic E-state index is -1.60. The maximum atomic E-state index is 13.8. The number of likely N-dealkylation sites (tertiary alicyclic amines) is 2. The number of aromatic amines is 2. The number of carbonyl (C=O) groups is 2. The van der Waals surface area contributed by atoms with Gasteiger partial charge in [0.1, 0.15) is 24.8 Å². The SMILES string of the molecule is C=C(F)C(=O)N1CCN(c2nc(OC[C@@H]3CCCN3C)nc3c2CCCN(c2cccc4[nH]ncc24)C3)C[C@@H]1CC#N.C=C(F)C(=O)O.CN1CCC[C@H]1COc1nc2c(c(N3CCN[C@@H](CC#N)C3)n1)CCCN(c1cccc3[nH]ncc13)C2.S.S.S.S. The van der Waals surface area contributed by atoms with E-state index in [9.17, 15) is 28.9 Å². The van der Waals surface area contributed by atoms with E-state index in [1.54, 1.807) is 0 Å². The van der Waals surface area contributed by atoms with Gasteiger partial charge in [-0.2, -0.15) is 99.0 Å². The Kier molecular flexibility index (Phi) is 26.4. The highest BCUT2D eigenvalue weighted by atomic mass is 32.1. The average Bonchev–Trinajstić information content (AvgIpc) is 2.18. The molecule has 480 valence electrons. The van der Waals surface area contributed by atoms with E-state index < -0.39 is 29.6 Å². The molecule has 6 aliphatic heterocycles. The zero-order valence-electron chi connectivity index (χ0n) is 50.4. The number of hydrogen-bond donors (Lipinski definition) is 4. The minimum absolute atomic E-state index is 0. The molecule has 29 heteroatoms. The highest BCUT2D eigenvalue weighted by molar-refractivity contribution is 7.59. The number of rotatable bonds is 14. The fourth-order valence-corrected chi connectivity index (χ4v) is 12.4. The van der Waals surface area contributed by atoms with Crippen LogP contribution >= 0.6 is 54.0 Å². The molecule has 4 saturated heterocycles. The first-order valence-electron chi connectivity index (χ1n) is 29.3. The normalized spacial score (nSPS) is 19.9. The molecule has 0 spiro atoms. The number of aliphatic carboxylic acids is 1. The lowest BCUT2D eigenvalue weighted by Gasteiger charge is -2.41. The number of aromatic nitrogens is 8. The van der Waals surface area contributed by atoms with Crippen molar-refractivity contribution in [3.8, 4) is 24.2 Å². The van der Waals surface area contributed by atoms with E-state index >= 15 is 0 Å². The number of nitrogens with zero attached hydrogens (tertiary/aromatic N) is 15. The first kappa shape index (κ1) is 71.0. The second kappa shape index (κ2) is 33.1. The van der Waals surface area contributed by atoms with E-state index in [-0.39, 0.29) is 73.0 Å². The van der Waals surface area contributed by atoms with Crippen LogP contribution in [0.3, 0.4) is 0 Å². The molecule has 12 rings (SSSR count). The number of nitriles is 2. The molecule has 4 aromatic heterocycles. The summed E-state index contributed by atoms with van der Waals surface area (Å²) in [5.41, 5.74) is 8.49. The highest BCUT2D eigenvalue weighted by Crippen LogP contribution is 2.36. The van der Waals surface area contributed by atoms with E-state index in [1.165, 1.54) is 22.6 Å². The zero-order valence-corrected chi connectivity index (χ0v) is 54.4. The molecular formula is C60H82F2N18O5S4. The molecule has 6 aliphatic rings. The number of likely N-dealkylation sites (N-methyl/N-ethyl adjacent to an activating group) is 2. The van der Waals surface area contributed by atoms with E-state index in [2.05, 4.69) is 119 Å². The Hall–Kier alpha value is -7.12. The van der Waals surface area contributed by atoms with Crippen molar-refractivity contribution in [3.05, 3.63) is 96.1 Å². The number of piperazine rings is 2. The molecule has 1 amide bonds. The van der Waals surface area contributed by atoms with Crippen LogP contribution in [0.1, 0.15) is 73.9 Å². The topological polar surface area (TPSA) is 264 Å². The molecule has 0 aliphatic carbocycles. The summed E-state index contributed by atoms with van der Waals surface area (Å²) in [4.78, 5) is 56.9. The van der Waals surface area contributed by atoms with Gasteiger partial charge in [0.2, 0.25) is 5.83 Å². The fourth-order valence-electron chi connectivity index (χ4n) is 12.4. The number of anilines is 4. The number of carbonyl (C=O) groups excluding carboxylic acids is 1. The molecule has 4 N–H and O–H groups in total. The molecule has 6 aromatic rings. The molecule has 0 unspecified atom stereocenters. The van der Waals surface area contributed by atoms with Gasteiger partial charge in [0.25, 0.3) is 5.91 Å². The first-order chi connectivity index (χ1) is 41.3. The number of nitrogens with one attached hydrogen (secondary N) is 3. The number of amides is 1. The summed E-state index contributed by atoms with van der Waals surface area (Å²) >= 11 is 0. The van der Waals surface area contributed by atoms with Crippen molar-refractivity contribution in [2.24, 2.45) is 0 Å². The Bertz CT molecular complexity index is 3470. The monoisotopic (exact) mass is 1300 g/mol. The van der Waals surface area contributed by atoms with Crippen molar-refractivity contribution >= 4 is 111 Å². The lowest BCUT2D eigenvalue weighted by Crippen LogP contribution is -2.55. The summed E-state index contributed by atoms with van der Waals surface area (Å²) in [7, 11) is 4.27. The number of benzene rings is 2. The van der Waals surface area contributed by atoms with Crippen molar-refractivity contribution < 1.29 is 33.0 Å². The van der Waals surface area contributed by atoms with Gasteiger partial charge in [0.15, 0.2) is 5.83 Å². The van der Waals surface area contributed by atoms with Crippen LogP contribution in [0.25, 0.3) is 21.8 Å². The Morgan fingerprint density at radius 1 is 0.640 bits per heavy atom. The summed E-state index contributed by atoms with van der Waals surface area (Å²) in [6.45, 7) is 15.5. The molecule has 89 heavy (non-hydrogen) atoms. The smallest absolute Gasteiger partial charge is 0.364 e. The third kappa shape index (κ3) is 17.0. The van der Waals surface area contributed by atoms with Gasteiger partial charge in [-0.05, 0) is 103 Å². The van der Waals surface area contributed by atoms with Crippen molar-refractivity contribution in [1.29, 1.82) is 10.5 Å². The maximum Gasteiger partial charge on any atom is 0.364 e. The molecule has 23 nitrogen and oxygen atoms in total. The summed E-state index contributed by atoms with van der Waals surface area (Å²) in [6, 6.07) is 18.1. The number of ether oxygens (including phenoxy) is 2. The van der Waals surface area contributed by atoms with Crippen LogP contribution in [0.5, 0.6) is 12.0 Å². The largest absolute Gasteiger partial charge is 0.476 e. The quantitative estimate of drug-likeness (QED) is 0.0830. The van der Waals surface area contributed by atoms with Crippen LogP contribution in [0, 0.1) is 22.7 Å².